The maximum absolute atomic E-state index is 3.62. The van der Waals surface area contributed by atoms with Crippen molar-refractivity contribution in [1.82, 2.24) is 10.2 Å². The minimum Gasteiger partial charge on any atom is -0.309 e. The van der Waals surface area contributed by atoms with Crippen LogP contribution in [0.25, 0.3) is 0 Å². The molecule has 1 N–H and O–H groups in total. The predicted molar refractivity (Wildman–Crippen MR) is 82.3 cm³/mol. The molecule has 0 amide bonds. The summed E-state index contributed by atoms with van der Waals surface area (Å²) in [4.78, 5) is 3.83. The van der Waals surface area contributed by atoms with Crippen molar-refractivity contribution in [2.75, 3.05) is 25.9 Å². The molecule has 0 bridgehead atoms. The van der Waals surface area contributed by atoms with Crippen molar-refractivity contribution >= 4 is 11.8 Å². The highest BCUT2D eigenvalue weighted by Gasteiger charge is 2.07. The molecule has 3 heteroatoms. The van der Waals surface area contributed by atoms with Crippen molar-refractivity contribution < 1.29 is 0 Å². The molecular formula is C15H26N2S. The van der Waals surface area contributed by atoms with Crippen LogP contribution in [0.4, 0.5) is 0 Å². The molecule has 1 atom stereocenters. The first-order chi connectivity index (χ1) is 8.71. The van der Waals surface area contributed by atoms with Crippen LogP contribution < -0.4 is 5.32 Å². The number of thioether (sulfide) groups is 1. The molecule has 18 heavy (non-hydrogen) atoms. The molecule has 1 rings (SSSR count). The molecule has 1 aromatic carbocycles. The number of nitrogens with zero attached hydrogens (tertiary/aromatic N) is 1. The number of rotatable bonds is 8. The van der Waals surface area contributed by atoms with Crippen molar-refractivity contribution in [3.05, 3.63) is 29.8 Å². The highest BCUT2D eigenvalue weighted by molar-refractivity contribution is 7.98. The second-order valence-electron chi connectivity index (χ2n) is 4.58. The molecule has 0 saturated heterocycles. The van der Waals surface area contributed by atoms with Gasteiger partial charge in [0.2, 0.25) is 0 Å². The van der Waals surface area contributed by atoms with Gasteiger partial charge in [0.05, 0.1) is 0 Å². The van der Waals surface area contributed by atoms with Crippen molar-refractivity contribution in [2.24, 2.45) is 0 Å². The van der Waals surface area contributed by atoms with E-state index in [-0.39, 0.29) is 0 Å². The molecule has 0 aliphatic carbocycles. The van der Waals surface area contributed by atoms with E-state index in [1.54, 1.807) is 0 Å². The number of hydrogen-bond donors (Lipinski definition) is 1. The van der Waals surface area contributed by atoms with Crippen molar-refractivity contribution in [3.63, 3.8) is 0 Å². The molecule has 0 saturated carbocycles. The Morgan fingerprint density at radius 3 is 2.50 bits per heavy atom. The molecule has 0 aliphatic rings. The molecule has 0 aliphatic heterocycles. The van der Waals surface area contributed by atoms with Gasteiger partial charge in [0, 0.05) is 24.0 Å². The van der Waals surface area contributed by atoms with Crippen LogP contribution in [0.5, 0.6) is 0 Å². The first-order valence-electron chi connectivity index (χ1n) is 6.78. The van der Waals surface area contributed by atoms with Gasteiger partial charge in [-0.15, -0.1) is 11.8 Å². The van der Waals surface area contributed by atoms with E-state index in [1.807, 2.05) is 11.8 Å². The van der Waals surface area contributed by atoms with Gasteiger partial charge in [-0.3, -0.25) is 0 Å². The molecule has 0 radical (unpaired) electrons. The number of benzene rings is 1. The Hall–Kier alpha value is -0.510. The van der Waals surface area contributed by atoms with E-state index in [2.05, 4.69) is 61.5 Å². The molecule has 0 spiro atoms. The van der Waals surface area contributed by atoms with E-state index < -0.39 is 0 Å². The standard InChI is InChI=1S/C15H26N2S/c1-5-17(6-2)12-13(3)16-11-14-9-7-8-10-15(14)18-4/h7-10,13,16H,5-6,11-12H2,1-4H3. The summed E-state index contributed by atoms with van der Waals surface area (Å²) in [6, 6.07) is 9.15. The van der Waals surface area contributed by atoms with Gasteiger partial charge in [0.25, 0.3) is 0 Å². The minimum atomic E-state index is 0.528. The van der Waals surface area contributed by atoms with Gasteiger partial charge in [-0.25, -0.2) is 0 Å². The van der Waals surface area contributed by atoms with Gasteiger partial charge < -0.3 is 10.2 Å². The lowest BCUT2D eigenvalue weighted by atomic mass is 10.2. The molecular weight excluding hydrogens is 240 g/mol. The molecule has 0 fully saturated rings. The van der Waals surface area contributed by atoms with E-state index in [4.69, 9.17) is 0 Å². The van der Waals surface area contributed by atoms with Crippen LogP contribution in [0, 0.1) is 0 Å². The maximum Gasteiger partial charge on any atom is 0.0219 e. The van der Waals surface area contributed by atoms with E-state index in [1.165, 1.54) is 10.5 Å². The Bertz CT molecular complexity index is 337. The fraction of sp³-hybridized carbons (Fsp3) is 0.600. The molecule has 1 unspecified atom stereocenters. The fourth-order valence-corrected chi connectivity index (χ4v) is 2.68. The van der Waals surface area contributed by atoms with E-state index >= 15 is 0 Å². The van der Waals surface area contributed by atoms with Crippen LogP contribution in [-0.4, -0.2) is 36.8 Å². The number of nitrogens with one attached hydrogen (secondary N) is 1. The Labute approximate surface area is 116 Å². The lowest BCUT2D eigenvalue weighted by Crippen LogP contribution is -2.38. The smallest absolute Gasteiger partial charge is 0.0219 e. The second-order valence-corrected chi connectivity index (χ2v) is 5.43. The average molecular weight is 266 g/mol. The van der Waals surface area contributed by atoms with Crippen LogP contribution in [0.2, 0.25) is 0 Å². The number of likely N-dealkylation sites (N-methyl/N-ethyl adjacent to an activating group) is 1. The van der Waals surface area contributed by atoms with Gasteiger partial charge in [-0.2, -0.15) is 0 Å². The van der Waals surface area contributed by atoms with E-state index in [9.17, 15) is 0 Å². The molecule has 2 nitrogen and oxygen atoms in total. The Morgan fingerprint density at radius 2 is 1.89 bits per heavy atom. The highest BCUT2D eigenvalue weighted by Crippen LogP contribution is 2.19. The highest BCUT2D eigenvalue weighted by atomic mass is 32.2. The summed E-state index contributed by atoms with van der Waals surface area (Å²) in [7, 11) is 0. The molecule has 0 heterocycles. The van der Waals surface area contributed by atoms with E-state index in [0.29, 0.717) is 6.04 Å². The summed E-state index contributed by atoms with van der Waals surface area (Å²) in [5.74, 6) is 0. The van der Waals surface area contributed by atoms with Crippen LogP contribution in [0.3, 0.4) is 0 Å². The lowest BCUT2D eigenvalue weighted by molar-refractivity contribution is 0.270. The van der Waals surface area contributed by atoms with Gasteiger partial charge >= 0.3 is 0 Å². The van der Waals surface area contributed by atoms with Crippen molar-refractivity contribution in [3.8, 4) is 0 Å². The Kier molecular flexibility index (Phi) is 7.40. The van der Waals surface area contributed by atoms with Crippen molar-refractivity contribution in [2.45, 2.75) is 38.3 Å². The normalized spacial score (nSPS) is 12.9. The van der Waals surface area contributed by atoms with Crippen LogP contribution in [0.15, 0.2) is 29.2 Å². The monoisotopic (exact) mass is 266 g/mol. The van der Waals surface area contributed by atoms with Crippen LogP contribution in [0.1, 0.15) is 26.3 Å². The summed E-state index contributed by atoms with van der Waals surface area (Å²) >= 11 is 1.82. The van der Waals surface area contributed by atoms with Gasteiger partial charge in [-0.05, 0) is 37.9 Å². The summed E-state index contributed by atoms with van der Waals surface area (Å²) in [6.07, 6.45) is 2.14. The SMILES string of the molecule is CCN(CC)CC(C)NCc1ccccc1SC. The van der Waals surface area contributed by atoms with Gasteiger partial charge in [-0.1, -0.05) is 32.0 Å². The zero-order chi connectivity index (χ0) is 13.4. The summed E-state index contributed by atoms with van der Waals surface area (Å²) in [5, 5.41) is 3.62. The zero-order valence-corrected chi connectivity index (χ0v) is 12.9. The molecule has 1 aromatic rings. The van der Waals surface area contributed by atoms with Crippen LogP contribution in [-0.2, 0) is 6.54 Å². The van der Waals surface area contributed by atoms with Crippen molar-refractivity contribution in [1.29, 1.82) is 0 Å². The van der Waals surface area contributed by atoms with Gasteiger partial charge in [0.15, 0.2) is 0 Å². The third kappa shape index (κ3) is 5.01. The summed E-state index contributed by atoms with van der Waals surface area (Å²) < 4.78 is 0. The Morgan fingerprint density at radius 1 is 1.22 bits per heavy atom. The zero-order valence-electron chi connectivity index (χ0n) is 12.1. The first-order valence-corrected chi connectivity index (χ1v) is 8.01. The second kappa shape index (κ2) is 8.57. The van der Waals surface area contributed by atoms with Gasteiger partial charge in [0.1, 0.15) is 0 Å². The summed E-state index contributed by atoms with van der Waals surface area (Å²) in [6.45, 7) is 11.0. The van der Waals surface area contributed by atoms with E-state index in [0.717, 1.165) is 26.2 Å². The topological polar surface area (TPSA) is 15.3 Å². The molecule has 102 valence electrons. The average Bonchev–Trinajstić information content (AvgIpc) is 2.42. The minimum absolute atomic E-state index is 0.528. The Balaban J connectivity index is 2.44. The quantitative estimate of drug-likeness (QED) is 0.727. The third-order valence-corrected chi connectivity index (χ3v) is 4.10. The fourth-order valence-electron chi connectivity index (χ4n) is 2.07. The largest absolute Gasteiger partial charge is 0.309 e. The molecule has 0 aromatic heterocycles. The number of hydrogen-bond acceptors (Lipinski definition) is 3. The third-order valence-electron chi connectivity index (χ3n) is 3.26. The first kappa shape index (κ1) is 15.5. The van der Waals surface area contributed by atoms with Crippen LogP contribution >= 0.6 is 11.8 Å². The maximum atomic E-state index is 3.62. The summed E-state index contributed by atoms with van der Waals surface area (Å²) in [5.41, 5.74) is 1.40. The lowest BCUT2D eigenvalue weighted by Gasteiger charge is -2.23. The predicted octanol–water partition coefficient (Wildman–Crippen LogP) is 3.23.